The highest BCUT2D eigenvalue weighted by Gasteiger charge is 2.46. The molecule has 5 rings (SSSR count). The van der Waals surface area contributed by atoms with E-state index in [0.29, 0.717) is 0 Å². The van der Waals surface area contributed by atoms with E-state index in [9.17, 15) is 0 Å². The molecule has 4 aromatic carbocycles. The van der Waals surface area contributed by atoms with Crippen LogP contribution < -0.4 is 0 Å². The summed E-state index contributed by atoms with van der Waals surface area (Å²) in [6.07, 6.45) is 18.5. The first-order valence-electron chi connectivity index (χ1n) is 18.3. The molecule has 0 atom stereocenters. The second-order valence-corrected chi connectivity index (χ2v) is 14.2. The molecular formula is C45H58. The molecule has 0 fully saturated rings. The number of fused-ring (bicyclic) bond motifs is 3. The van der Waals surface area contributed by atoms with Gasteiger partial charge >= 0.3 is 0 Å². The Morgan fingerprint density at radius 3 is 1.22 bits per heavy atom. The lowest BCUT2D eigenvalue weighted by Gasteiger charge is -2.35. The summed E-state index contributed by atoms with van der Waals surface area (Å²) in [5.41, 5.74) is 16.7. The highest BCUT2D eigenvalue weighted by Crippen LogP contribution is 2.57. The van der Waals surface area contributed by atoms with E-state index in [0.717, 1.165) is 0 Å². The Balaban J connectivity index is 1.56. The highest BCUT2D eigenvalue weighted by molar-refractivity contribution is 5.87. The minimum absolute atomic E-state index is 0.324. The third-order valence-electron chi connectivity index (χ3n) is 10.6. The van der Waals surface area contributed by atoms with Crippen LogP contribution in [0.15, 0.2) is 72.8 Å². The average molecular weight is 599 g/mol. The molecule has 0 bridgehead atoms. The minimum Gasteiger partial charge on any atom is -0.0654 e. The Morgan fingerprint density at radius 1 is 0.422 bits per heavy atom. The number of hydrogen-bond donors (Lipinski definition) is 0. The van der Waals surface area contributed by atoms with Gasteiger partial charge in [-0.15, -0.1) is 0 Å². The topological polar surface area (TPSA) is 0 Å². The van der Waals surface area contributed by atoms with Gasteiger partial charge < -0.3 is 0 Å². The molecule has 4 aromatic rings. The summed E-state index contributed by atoms with van der Waals surface area (Å²) in [5.74, 6) is 0. The van der Waals surface area contributed by atoms with Crippen molar-refractivity contribution in [3.63, 3.8) is 0 Å². The zero-order chi connectivity index (χ0) is 31.8. The van der Waals surface area contributed by atoms with Gasteiger partial charge in [-0.3, -0.25) is 0 Å². The number of benzene rings is 4. The molecule has 0 N–H and O–H groups in total. The van der Waals surface area contributed by atoms with Crippen LogP contribution in [0.3, 0.4) is 0 Å². The van der Waals surface area contributed by atoms with E-state index in [1.807, 2.05) is 0 Å². The first-order valence-corrected chi connectivity index (χ1v) is 18.3. The van der Waals surface area contributed by atoms with E-state index in [1.165, 1.54) is 157 Å². The summed E-state index contributed by atoms with van der Waals surface area (Å²) in [6, 6.07) is 29.2. The molecule has 0 saturated heterocycles. The summed E-state index contributed by atoms with van der Waals surface area (Å²) in [6.45, 7) is 13.8. The maximum Gasteiger partial charge on any atom is 0.0713 e. The molecule has 0 heteroatoms. The Kier molecular flexibility index (Phi) is 11.4. The number of rotatable bonds is 16. The van der Waals surface area contributed by atoms with Gasteiger partial charge in [0, 0.05) is 0 Å². The van der Waals surface area contributed by atoms with Crippen LogP contribution in [-0.2, 0) is 18.3 Å². The maximum absolute atomic E-state index is 2.54. The molecule has 0 aliphatic heterocycles. The van der Waals surface area contributed by atoms with Gasteiger partial charge in [0.25, 0.3) is 0 Å². The first-order chi connectivity index (χ1) is 21.9. The Morgan fingerprint density at radius 2 is 0.822 bits per heavy atom. The predicted octanol–water partition coefficient (Wildman–Crippen LogP) is 13.1. The van der Waals surface area contributed by atoms with Gasteiger partial charge in [-0.1, -0.05) is 162 Å². The average Bonchev–Trinajstić information content (AvgIpc) is 3.31. The van der Waals surface area contributed by atoms with Gasteiger partial charge in [0.2, 0.25) is 0 Å². The van der Waals surface area contributed by atoms with Crippen LogP contribution in [0.4, 0.5) is 0 Å². The largest absolute Gasteiger partial charge is 0.0713 e. The van der Waals surface area contributed by atoms with Crippen LogP contribution in [-0.4, -0.2) is 0 Å². The van der Waals surface area contributed by atoms with E-state index in [2.05, 4.69) is 114 Å². The molecule has 0 spiro atoms. The van der Waals surface area contributed by atoms with Crippen molar-refractivity contribution in [2.75, 3.05) is 0 Å². The Labute approximate surface area is 275 Å². The fourth-order valence-electron chi connectivity index (χ4n) is 7.95. The molecule has 0 radical (unpaired) electrons. The maximum atomic E-state index is 2.54. The molecule has 1 aliphatic carbocycles. The summed E-state index contributed by atoms with van der Waals surface area (Å²) in [5, 5.41) is 0. The van der Waals surface area contributed by atoms with E-state index in [1.54, 1.807) is 0 Å². The first kappa shape index (κ1) is 33.2. The normalized spacial score (nSPS) is 13.2. The van der Waals surface area contributed by atoms with Crippen molar-refractivity contribution >= 4 is 0 Å². The van der Waals surface area contributed by atoms with Gasteiger partial charge in [0.05, 0.1) is 5.41 Å². The molecule has 0 amide bonds. The lowest BCUT2D eigenvalue weighted by molar-refractivity contribution is 0.606. The number of hydrogen-bond acceptors (Lipinski definition) is 0. The Bertz CT molecular complexity index is 1450. The van der Waals surface area contributed by atoms with Crippen molar-refractivity contribution in [2.24, 2.45) is 0 Å². The number of unbranched alkanes of at least 4 members (excludes halogenated alkanes) is 10. The molecule has 0 nitrogen and oxygen atoms in total. The van der Waals surface area contributed by atoms with Crippen LogP contribution in [0.25, 0.3) is 11.1 Å². The summed E-state index contributed by atoms with van der Waals surface area (Å²) < 4.78 is 0. The van der Waals surface area contributed by atoms with E-state index in [-0.39, 0.29) is 5.41 Å². The van der Waals surface area contributed by atoms with Gasteiger partial charge in [0.1, 0.15) is 0 Å². The molecule has 1 aliphatic rings. The molecule has 45 heavy (non-hydrogen) atoms. The number of aryl methyl sites for hydroxylation is 6. The molecule has 238 valence electrons. The van der Waals surface area contributed by atoms with E-state index in [4.69, 9.17) is 0 Å². The molecular weight excluding hydrogens is 540 g/mol. The van der Waals surface area contributed by atoms with E-state index >= 15 is 0 Å². The van der Waals surface area contributed by atoms with Gasteiger partial charge in [0.15, 0.2) is 0 Å². The summed E-state index contributed by atoms with van der Waals surface area (Å²) >= 11 is 0. The van der Waals surface area contributed by atoms with E-state index < -0.39 is 0 Å². The van der Waals surface area contributed by atoms with Crippen LogP contribution in [0, 0.1) is 27.7 Å². The SMILES string of the molecule is CCCCCCCCc1ccc(C2(c3ccc(CCCCCCCC)c(C)c3)c3cc(C)ccc3-c3ccc(C)cc32)cc1C. The van der Waals surface area contributed by atoms with Gasteiger partial charge in [-0.25, -0.2) is 0 Å². The minimum atomic E-state index is -0.324. The van der Waals surface area contributed by atoms with Crippen LogP contribution in [0.5, 0.6) is 0 Å². The highest BCUT2D eigenvalue weighted by atomic mass is 14.5. The fourth-order valence-corrected chi connectivity index (χ4v) is 7.95. The molecule has 0 saturated carbocycles. The third-order valence-corrected chi connectivity index (χ3v) is 10.6. The van der Waals surface area contributed by atoms with Crippen LogP contribution >= 0.6 is 0 Å². The molecule has 0 unspecified atom stereocenters. The fraction of sp³-hybridized carbons (Fsp3) is 0.467. The zero-order valence-electron chi connectivity index (χ0n) is 29.3. The summed E-state index contributed by atoms with van der Waals surface area (Å²) in [7, 11) is 0. The van der Waals surface area contributed by atoms with Crippen molar-refractivity contribution in [1.29, 1.82) is 0 Å². The van der Waals surface area contributed by atoms with Crippen LogP contribution in [0.2, 0.25) is 0 Å². The lowest BCUT2D eigenvalue weighted by atomic mass is 9.66. The standard InChI is InChI=1S/C45H58/c1-7-9-11-13-15-17-19-37-23-25-39(31-35(37)5)45(40-26-24-38(36(6)32-40)20-18-16-14-12-10-8-2)43-29-33(3)21-27-41(43)42-28-22-34(4)30-44(42)45/h21-32H,7-20H2,1-6H3. The zero-order valence-corrected chi connectivity index (χ0v) is 29.3. The van der Waals surface area contributed by atoms with Crippen molar-refractivity contribution in [2.45, 2.75) is 137 Å². The van der Waals surface area contributed by atoms with Gasteiger partial charge in [-0.2, -0.15) is 0 Å². The second-order valence-electron chi connectivity index (χ2n) is 14.2. The molecule has 0 aromatic heterocycles. The molecule has 0 heterocycles. The predicted molar refractivity (Wildman–Crippen MR) is 197 cm³/mol. The van der Waals surface area contributed by atoms with Crippen molar-refractivity contribution < 1.29 is 0 Å². The lowest BCUT2D eigenvalue weighted by Crippen LogP contribution is -2.29. The van der Waals surface area contributed by atoms with Crippen molar-refractivity contribution in [3.8, 4) is 11.1 Å². The monoisotopic (exact) mass is 598 g/mol. The van der Waals surface area contributed by atoms with Crippen molar-refractivity contribution in [3.05, 3.63) is 128 Å². The Hall–Kier alpha value is -3.12. The van der Waals surface area contributed by atoms with Crippen LogP contribution in [0.1, 0.15) is 147 Å². The summed E-state index contributed by atoms with van der Waals surface area (Å²) in [4.78, 5) is 0. The van der Waals surface area contributed by atoms with Gasteiger partial charge in [-0.05, 0) is 109 Å². The smallest absolute Gasteiger partial charge is 0.0654 e. The third kappa shape index (κ3) is 7.16. The second kappa shape index (κ2) is 15.4. The quantitative estimate of drug-likeness (QED) is 0.0991. The van der Waals surface area contributed by atoms with Crippen molar-refractivity contribution in [1.82, 2.24) is 0 Å².